The van der Waals surface area contributed by atoms with Crippen molar-refractivity contribution < 1.29 is 9.53 Å². The minimum Gasteiger partial charge on any atom is -0.475 e. The molecule has 1 aliphatic heterocycles. The van der Waals surface area contributed by atoms with Crippen LogP contribution in [0.3, 0.4) is 0 Å². The van der Waals surface area contributed by atoms with Crippen LogP contribution in [0.4, 0.5) is 0 Å². The van der Waals surface area contributed by atoms with Gasteiger partial charge in [-0.15, -0.1) is 0 Å². The molecule has 1 heterocycles. The SMILES string of the molecule is N[C@@H]1CCN(C(=O)C(Oc2ccccc2Br)c2ccccc2)C1. The van der Waals surface area contributed by atoms with Gasteiger partial charge in [0.15, 0.2) is 0 Å². The molecule has 1 aliphatic rings. The second-order valence-corrected chi connectivity index (χ2v) is 6.53. The number of rotatable bonds is 4. The lowest BCUT2D eigenvalue weighted by molar-refractivity contribution is -0.138. The first-order chi connectivity index (χ1) is 11.1. The van der Waals surface area contributed by atoms with Gasteiger partial charge in [0.2, 0.25) is 6.10 Å². The largest absolute Gasteiger partial charge is 0.475 e. The molecule has 5 heteroatoms. The van der Waals surface area contributed by atoms with Crippen molar-refractivity contribution in [2.45, 2.75) is 18.6 Å². The van der Waals surface area contributed by atoms with Crippen LogP contribution in [-0.4, -0.2) is 29.9 Å². The Morgan fingerprint density at radius 2 is 1.87 bits per heavy atom. The lowest BCUT2D eigenvalue weighted by Crippen LogP contribution is -2.37. The van der Waals surface area contributed by atoms with Crippen LogP contribution in [0, 0.1) is 0 Å². The summed E-state index contributed by atoms with van der Waals surface area (Å²) >= 11 is 3.47. The molecule has 0 aliphatic carbocycles. The molecule has 23 heavy (non-hydrogen) atoms. The smallest absolute Gasteiger partial charge is 0.268 e. The summed E-state index contributed by atoms with van der Waals surface area (Å²) in [6.45, 7) is 1.27. The molecule has 0 bridgehead atoms. The van der Waals surface area contributed by atoms with Crippen LogP contribution in [0.5, 0.6) is 5.75 Å². The molecule has 0 radical (unpaired) electrons. The van der Waals surface area contributed by atoms with E-state index in [4.69, 9.17) is 10.5 Å². The molecule has 0 saturated carbocycles. The van der Waals surface area contributed by atoms with Crippen LogP contribution in [0.1, 0.15) is 18.1 Å². The van der Waals surface area contributed by atoms with Gasteiger partial charge in [-0.3, -0.25) is 4.79 Å². The third kappa shape index (κ3) is 3.74. The number of benzene rings is 2. The summed E-state index contributed by atoms with van der Waals surface area (Å²) < 4.78 is 6.89. The van der Waals surface area contributed by atoms with Crippen LogP contribution in [0.15, 0.2) is 59.1 Å². The molecule has 3 rings (SSSR count). The highest BCUT2D eigenvalue weighted by molar-refractivity contribution is 9.10. The summed E-state index contributed by atoms with van der Waals surface area (Å²) in [6, 6.07) is 17.2. The van der Waals surface area contributed by atoms with Crippen LogP contribution in [-0.2, 0) is 4.79 Å². The van der Waals surface area contributed by atoms with Gasteiger partial charge in [-0.1, -0.05) is 42.5 Å². The van der Waals surface area contributed by atoms with Crippen molar-refractivity contribution in [3.05, 3.63) is 64.6 Å². The zero-order chi connectivity index (χ0) is 16.2. The quantitative estimate of drug-likeness (QED) is 0.894. The van der Waals surface area contributed by atoms with E-state index in [1.165, 1.54) is 0 Å². The fraction of sp³-hybridized carbons (Fsp3) is 0.278. The molecule has 0 spiro atoms. The van der Waals surface area contributed by atoms with E-state index in [9.17, 15) is 4.79 Å². The normalized spacial score (nSPS) is 18.7. The van der Waals surface area contributed by atoms with Crippen LogP contribution >= 0.6 is 15.9 Å². The maximum atomic E-state index is 12.9. The number of carbonyl (C=O) groups excluding carboxylic acids is 1. The average molecular weight is 375 g/mol. The number of hydrogen-bond donors (Lipinski definition) is 1. The summed E-state index contributed by atoms with van der Waals surface area (Å²) in [5.74, 6) is 0.609. The van der Waals surface area contributed by atoms with Gasteiger partial charge in [-0.2, -0.15) is 0 Å². The molecule has 1 unspecified atom stereocenters. The van der Waals surface area contributed by atoms with E-state index in [1.807, 2.05) is 54.6 Å². The number of carbonyl (C=O) groups is 1. The Morgan fingerprint density at radius 3 is 2.52 bits per heavy atom. The number of ether oxygens (including phenoxy) is 1. The first kappa shape index (κ1) is 16.0. The summed E-state index contributed by atoms with van der Waals surface area (Å²) in [5.41, 5.74) is 6.78. The maximum absolute atomic E-state index is 12.9. The van der Waals surface area contributed by atoms with E-state index in [0.717, 1.165) is 16.5 Å². The van der Waals surface area contributed by atoms with E-state index in [2.05, 4.69) is 15.9 Å². The Bertz CT molecular complexity index is 678. The lowest BCUT2D eigenvalue weighted by atomic mass is 10.1. The van der Waals surface area contributed by atoms with Gasteiger partial charge >= 0.3 is 0 Å². The number of para-hydroxylation sites is 1. The van der Waals surface area contributed by atoms with Gasteiger partial charge in [0, 0.05) is 24.7 Å². The van der Waals surface area contributed by atoms with Gasteiger partial charge in [0.25, 0.3) is 5.91 Å². The van der Waals surface area contributed by atoms with Crippen LogP contribution in [0.25, 0.3) is 0 Å². The standard InChI is InChI=1S/C18H19BrN2O2/c19-15-8-4-5-9-16(15)23-17(13-6-2-1-3-7-13)18(22)21-11-10-14(20)12-21/h1-9,14,17H,10-12,20H2/t14-,17?/m1/s1. The topological polar surface area (TPSA) is 55.6 Å². The molecule has 120 valence electrons. The summed E-state index contributed by atoms with van der Waals surface area (Å²) in [6.07, 6.45) is 0.169. The zero-order valence-corrected chi connectivity index (χ0v) is 14.3. The van der Waals surface area contributed by atoms with Crippen molar-refractivity contribution in [3.63, 3.8) is 0 Å². The lowest BCUT2D eigenvalue weighted by Gasteiger charge is -2.25. The average Bonchev–Trinajstić information content (AvgIpc) is 3.01. The molecule has 4 nitrogen and oxygen atoms in total. The number of nitrogens with two attached hydrogens (primary N) is 1. The Morgan fingerprint density at radius 1 is 1.17 bits per heavy atom. The van der Waals surface area contributed by atoms with Crippen molar-refractivity contribution in [2.24, 2.45) is 5.73 Å². The third-order valence-corrected chi connectivity index (χ3v) is 4.60. The van der Waals surface area contributed by atoms with E-state index in [0.29, 0.717) is 18.8 Å². The van der Waals surface area contributed by atoms with Gasteiger partial charge in [-0.05, 0) is 34.5 Å². The Balaban J connectivity index is 1.88. The predicted octanol–water partition coefficient (Wildman–Crippen LogP) is 3.13. The van der Waals surface area contributed by atoms with Gasteiger partial charge in [0.05, 0.1) is 4.47 Å². The summed E-state index contributed by atoms with van der Waals surface area (Å²) in [7, 11) is 0. The van der Waals surface area contributed by atoms with E-state index < -0.39 is 6.10 Å². The highest BCUT2D eigenvalue weighted by atomic mass is 79.9. The van der Waals surface area contributed by atoms with Gasteiger partial charge in [0.1, 0.15) is 5.75 Å². The molecule has 1 saturated heterocycles. The van der Waals surface area contributed by atoms with Crippen molar-refractivity contribution in [3.8, 4) is 5.75 Å². The molecule has 1 amide bonds. The minimum absolute atomic E-state index is 0.0418. The Hall–Kier alpha value is -1.85. The second kappa shape index (κ2) is 7.15. The number of amides is 1. The first-order valence-corrected chi connectivity index (χ1v) is 8.45. The van der Waals surface area contributed by atoms with Crippen LogP contribution < -0.4 is 10.5 Å². The second-order valence-electron chi connectivity index (χ2n) is 5.67. The Labute approximate surface area is 144 Å². The molecule has 0 aromatic heterocycles. The van der Waals surface area contributed by atoms with Crippen LogP contribution in [0.2, 0.25) is 0 Å². The molecular formula is C18H19BrN2O2. The number of hydrogen-bond acceptors (Lipinski definition) is 3. The van der Waals surface area contributed by atoms with E-state index in [1.54, 1.807) is 4.90 Å². The number of nitrogens with zero attached hydrogens (tertiary/aromatic N) is 1. The van der Waals surface area contributed by atoms with Gasteiger partial charge in [-0.25, -0.2) is 0 Å². The fourth-order valence-corrected chi connectivity index (χ4v) is 3.09. The zero-order valence-electron chi connectivity index (χ0n) is 12.7. The van der Waals surface area contributed by atoms with Crippen molar-refractivity contribution >= 4 is 21.8 Å². The maximum Gasteiger partial charge on any atom is 0.268 e. The van der Waals surface area contributed by atoms with Crippen molar-refractivity contribution in [1.82, 2.24) is 4.90 Å². The molecule has 2 atom stereocenters. The van der Waals surface area contributed by atoms with Crippen molar-refractivity contribution in [1.29, 1.82) is 0 Å². The van der Waals surface area contributed by atoms with Gasteiger partial charge < -0.3 is 15.4 Å². The fourth-order valence-electron chi connectivity index (χ4n) is 2.71. The molecule has 1 fully saturated rings. The monoisotopic (exact) mass is 374 g/mol. The molecule has 2 aromatic carbocycles. The number of halogens is 1. The summed E-state index contributed by atoms with van der Waals surface area (Å²) in [5, 5.41) is 0. The minimum atomic E-state index is -0.666. The van der Waals surface area contributed by atoms with E-state index >= 15 is 0 Å². The molecule has 2 aromatic rings. The first-order valence-electron chi connectivity index (χ1n) is 7.65. The highest BCUT2D eigenvalue weighted by Gasteiger charge is 2.32. The summed E-state index contributed by atoms with van der Waals surface area (Å²) in [4.78, 5) is 14.7. The van der Waals surface area contributed by atoms with Crippen molar-refractivity contribution in [2.75, 3.05) is 13.1 Å². The van der Waals surface area contributed by atoms with E-state index in [-0.39, 0.29) is 11.9 Å². The predicted molar refractivity (Wildman–Crippen MR) is 93.1 cm³/mol. The highest BCUT2D eigenvalue weighted by Crippen LogP contribution is 2.30. The Kier molecular flexibility index (Phi) is 4.98. The molecule has 2 N–H and O–H groups in total. The number of likely N-dealkylation sites (tertiary alicyclic amines) is 1. The third-order valence-electron chi connectivity index (χ3n) is 3.94. The molecular weight excluding hydrogens is 356 g/mol.